The SMILES string of the molecule is O=C(/C=C/c1cccc(Br)c1)NCc1ccc(S(=O)(=O)N2CCOCC2)s1. The lowest BCUT2D eigenvalue weighted by Gasteiger charge is -2.25. The Hall–Kier alpha value is -1.52. The number of rotatable bonds is 6. The van der Waals surface area contributed by atoms with Gasteiger partial charge in [0.25, 0.3) is 10.0 Å². The fourth-order valence-corrected chi connectivity index (χ4v) is 5.80. The lowest BCUT2D eigenvalue weighted by Crippen LogP contribution is -2.40. The van der Waals surface area contributed by atoms with Gasteiger partial charge in [0.2, 0.25) is 5.91 Å². The van der Waals surface area contributed by atoms with Gasteiger partial charge < -0.3 is 10.1 Å². The maximum absolute atomic E-state index is 12.6. The van der Waals surface area contributed by atoms with Gasteiger partial charge in [0, 0.05) is 28.5 Å². The Labute approximate surface area is 171 Å². The van der Waals surface area contributed by atoms with Gasteiger partial charge in [0.05, 0.1) is 19.8 Å². The highest BCUT2D eigenvalue weighted by atomic mass is 79.9. The number of halogens is 1. The molecule has 1 aliphatic heterocycles. The van der Waals surface area contributed by atoms with Gasteiger partial charge in [-0.05, 0) is 35.9 Å². The number of morpholine rings is 1. The quantitative estimate of drug-likeness (QED) is 0.658. The molecule has 0 saturated carbocycles. The zero-order valence-electron chi connectivity index (χ0n) is 14.4. The summed E-state index contributed by atoms with van der Waals surface area (Å²) in [7, 11) is -3.49. The van der Waals surface area contributed by atoms with E-state index in [1.807, 2.05) is 24.3 Å². The molecule has 6 nitrogen and oxygen atoms in total. The monoisotopic (exact) mass is 470 g/mol. The molecule has 1 aromatic carbocycles. The Bertz CT molecular complexity index is 934. The van der Waals surface area contributed by atoms with Gasteiger partial charge in [-0.25, -0.2) is 8.42 Å². The van der Waals surface area contributed by atoms with Crippen molar-refractivity contribution in [3.05, 3.63) is 57.4 Å². The maximum Gasteiger partial charge on any atom is 0.252 e. The Morgan fingerprint density at radius 1 is 1.26 bits per heavy atom. The Kier molecular flexibility index (Phi) is 6.83. The predicted molar refractivity (Wildman–Crippen MR) is 109 cm³/mol. The van der Waals surface area contributed by atoms with E-state index in [1.165, 1.54) is 21.7 Å². The van der Waals surface area contributed by atoms with Crippen molar-refractivity contribution in [2.24, 2.45) is 0 Å². The predicted octanol–water partition coefficient (Wildman–Crippen LogP) is 2.86. The number of benzene rings is 1. The van der Waals surface area contributed by atoms with Crippen LogP contribution in [0.1, 0.15) is 10.4 Å². The third kappa shape index (κ3) is 5.49. The fourth-order valence-electron chi connectivity index (χ4n) is 2.52. The average Bonchev–Trinajstić information content (AvgIpc) is 3.15. The molecule has 0 aliphatic carbocycles. The normalized spacial score (nSPS) is 15.9. The van der Waals surface area contributed by atoms with E-state index in [0.29, 0.717) is 30.5 Å². The molecular formula is C18H19BrN2O4S2. The summed E-state index contributed by atoms with van der Waals surface area (Å²) in [5, 5.41) is 2.77. The molecule has 1 aromatic heterocycles. The average molecular weight is 471 g/mol. The van der Waals surface area contributed by atoms with Crippen molar-refractivity contribution in [3.8, 4) is 0 Å². The van der Waals surface area contributed by atoms with Crippen molar-refractivity contribution in [2.45, 2.75) is 10.8 Å². The molecule has 1 saturated heterocycles. The first kappa shape index (κ1) is 20.2. The number of hydrogen-bond donors (Lipinski definition) is 1. The number of nitrogens with zero attached hydrogens (tertiary/aromatic N) is 1. The van der Waals surface area contributed by atoms with Crippen LogP contribution in [0.25, 0.3) is 6.08 Å². The van der Waals surface area contributed by atoms with Gasteiger partial charge >= 0.3 is 0 Å². The van der Waals surface area contributed by atoms with E-state index < -0.39 is 10.0 Å². The van der Waals surface area contributed by atoms with E-state index in [4.69, 9.17) is 4.74 Å². The summed E-state index contributed by atoms with van der Waals surface area (Å²) in [6.45, 7) is 1.85. The number of nitrogens with one attached hydrogen (secondary N) is 1. The van der Waals surface area contributed by atoms with Crippen LogP contribution < -0.4 is 5.32 Å². The van der Waals surface area contributed by atoms with Crippen LogP contribution in [0.15, 0.2) is 51.2 Å². The summed E-state index contributed by atoms with van der Waals surface area (Å²) in [6, 6.07) is 10.9. The highest BCUT2D eigenvalue weighted by Crippen LogP contribution is 2.25. The number of ether oxygens (including phenoxy) is 1. The number of thiophene rings is 1. The first-order valence-corrected chi connectivity index (χ1v) is 11.4. The minimum Gasteiger partial charge on any atom is -0.379 e. The van der Waals surface area contributed by atoms with Crippen molar-refractivity contribution in [1.29, 1.82) is 0 Å². The van der Waals surface area contributed by atoms with Crippen molar-refractivity contribution in [1.82, 2.24) is 9.62 Å². The van der Waals surface area contributed by atoms with Crippen molar-refractivity contribution in [2.75, 3.05) is 26.3 Å². The third-order valence-electron chi connectivity index (χ3n) is 3.91. The second kappa shape index (κ2) is 9.11. The van der Waals surface area contributed by atoms with E-state index in [2.05, 4.69) is 21.2 Å². The first-order valence-electron chi connectivity index (χ1n) is 8.33. The molecule has 0 atom stereocenters. The second-order valence-electron chi connectivity index (χ2n) is 5.84. The molecule has 0 bridgehead atoms. The fraction of sp³-hybridized carbons (Fsp3) is 0.278. The molecule has 2 heterocycles. The Morgan fingerprint density at radius 2 is 2.04 bits per heavy atom. The van der Waals surface area contributed by atoms with Crippen molar-refractivity contribution >= 4 is 49.3 Å². The molecule has 2 aromatic rings. The lowest BCUT2D eigenvalue weighted by atomic mass is 10.2. The van der Waals surface area contributed by atoms with Crippen LogP contribution in [0, 0.1) is 0 Å². The van der Waals surface area contributed by atoms with Gasteiger partial charge in [-0.15, -0.1) is 11.3 Å². The zero-order valence-corrected chi connectivity index (χ0v) is 17.6. The van der Waals surface area contributed by atoms with Gasteiger partial charge in [0.15, 0.2) is 0 Å². The van der Waals surface area contributed by atoms with Crippen molar-refractivity contribution in [3.63, 3.8) is 0 Å². The molecule has 9 heteroatoms. The molecule has 3 rings (SSSR count). The number of hydrogen-bond acceptors (Lipinski definition) is 5. The van der Waals surface area contributed by atoms with Crippen LogP contribution in [0.3, 0.4) is 0 Å². The van der Waals surface area contributed by atoms with Crippen LogP contribution in [0.4, 0.5) is 0 Å². The van der Waals surface area contributed by atoms with Gasteiger partial charge in [-0.1, -0.05) is 28.1 Å². The maximum atomic E-state index is 12.6. The highest BCUT2D eigenvalue weighted by Gasteiger charge is 2.27. The molecule has 1 N–H and O–H groups in total. The lowest BCUT2D eigenvalue weighted by molar-refractivity contribution is -0.116. The summed E-state index contributed by atoms with van der Waals surface area (Å²) >= 11 is 4.56. The van der Waals surface area contributed by atoms with Crippen LogP contribution in [0.2, 0.25) is 0 Å². The van der Waals surface area contributed by atoms with E-state index in [-0.39, 0.29) is 12.5 Å². The molecule has 144 valence electrons. The number of amides is 1. The minimum atomic E-state index is -3.49. The van der Waals surface area contributed by atoms with Gasteiger partial charge in [-0.2, -0.15) is 4.31 Å². The number of carbonyl (C=O) groups excluding carboxylic acids is 1. The van der Waals surface area contributed by atoms with E-state index in [0.717, 1.165) is 14.9 Å². The molecule has 1 amide bonds. The number of carbonyl (C=O) groups is 1. The second-order valence-corrected chi connectivity index (χ2v) is 10.1. The summed E-state index contributed by atoms with van der Waals surface area (Å²) in [4.78, 5) is 12.8. The van der Waals surface area contributed by atoms with E-state index >= 15 is 0 Å². The standard InChI is InChI=1S/C18H19BrN2O4S2/c19-15-3-1-2-14(12-15)4-6-17(22)20-13-16-5-7-18(26-16)27(23,24)21-8-10-25-11-9-21/h1-7,12H,8-11,13H2,(H,20,22)/b6-4+. The van der Waals surface area contributed by atoms with Crippen LogP contribution in [-0.4, -0.2) is 44.9 Å². The largest absolute Gasteiger partial charge is 0.379 e. The Balaban J connectivity index is 1.57. The Morgan fingerprint density at radius 3 is 2.78 bits per heavy atom. The molecule has 0 spiro atoms. The van der Waals surface area contributed by atoms with E-state index in [1.54, 1.807) is 18.2 Å². The van der Waals surface area contributed by atoms with Crippen LogP contribution in [-0.2, 0) is 26.1 Å². The van der Waals surface area contributed by atoms with Crippen LogP contribution >= 0.6 is 27.3 Å². The first-order chi connectivity index (χ1) is 12.9. The molecule has 1 fully saturated rings. The molecule has 27 heavy (non-hydrogen) atoms. The smallest absolute Gasteiger partial charge is 0.252 e. The molecule has 0 unspecified atom stereocenters. The van der Waals surface area contributed by atoms with E-state index in [9.17, 15) is 13.2 Å². The topological polar surface area (TPSA) is 75.7 Å². The molecular weight excluding hydrogens is 452 g/mol. The number of sulfonamides is 1. The van der Waals surface area contributed by atoms with Gasteiger partial charge in [-0.3, -0.25) is 4.79 Å². The molecule has 0 radical (unpaired) electrons. The van der Waals surface area contributed by atoms with Crippen molar-refractivity contribution < 1.29 is 17.9 Å². The molecule has 1 aliphatic rings. The van der Waals surface area contributed by atoms with Gasteiger partial charge in [0.1, 0.15) is 4.21 Å². The zero-order chi connectivity index (χ0) is 19.3. The van der Waals surface area contributed by atoms with Crippen LogP contribution in [0.5, 0.6) is 0 Å². The summed E-state index contributed by atoms with van der Waals surface area (Å²) in [5.74, 6) is -0.235. The minimum absolute atomic E-state index is 0.235. The summed E-state index contributed by atoms with van der Waals surface area (Å²) in [5.41, 5.74) is 0.912. The third-order valence-corrected chi connectivity index (χ3v) is 7.86. The summed E-state index contributed by atoms with van der Waals surface area (Å²) < 4.78 is 33.1. The summed E-state index contributed by atoms with van der Waals surface area (Å²) in [6.07, 6.45) is 3.18. The highest BCUT2D eigenvalue weighted by molar-refractivity contribution is 9.10.